The predicted octanol–water partition coefficient (Wildman–Crippen LogP) is 1.97. The number of likely N-dealkylation sites (N-methyl/N-ethyl adjacent to an activating group) is 1. The van der Waals surface area contributed by atoms with E-state index in [1.807, 2.05) is 42.5 Å². The van der Waals surface area contributed by atoms with Gasteiger partial charge in [0.2, 0.25) is 5.91 Å². The van der Waals surface area contributed by atoms with E-state index in [9.17, 15) is 4.79 Å². The summed E-state index contributed by atoms with van der Waals surface area (Å²) in [5, 5.41) is 13.3. The van der Waals surface area contributed by atoms with Crippen molar-refractivity contribution in [3.8, 4) is 0 Å². The van der Waals surface area contributed by atoms with Gasteiger partial charge in [0.1, 0.15) is 11.9 Å². The molecule has 5 N–H and O–H groups in total. The summed E-state index contributed by atoms with van der Waals surface area (Å²) in [5.41, 5.74) is 7.97. The molecule has 0 aliphatic rings. The van der Waals surface area contributed by atoms with Crippen LogP contribution in [0, 0.1) is 5.41 Å². The van der Waals surface area contributed by atoms with Crippen LogP contribution in [0.25, 0.3) is 0 Å². The molecule has 2 rings (SSSR count). The molecule has 0 aromatic heterocycles. The van der Waals surface area contributed by atoms with Crippen LogP contribution in [0.1, 0.15) is 22.7 Å². The summed E-state index contributed by atoms with van der Waals surface area (Å²) in [4.78, 5) is 12.3. The van der Waals surface area contributed by atoms with Crippen molar-refractivity contribution in [3.05, 3.63) is 71.3 Å². The first-order valence-corrected chi connectivity index (χ1v) is 7.05. The minimum atomic E-state index is -0.377. The third kappa shape index (κ3) is 5.09. The van der Waals surface area contributed by atoms with E-state index < -0.39 is 0 Å². The largest absolute Gasteiger partial charge is 0.384 e. The molecule has 0 saturated carbocycles. The van der Waals surface area contributed by atoms with E-state index >= 15 is 0 Å². The van der Waals surface area contributed by atoms with Crippen LogP contribution in [0.4, 0.5) is 0 Å². The predicted molar refractivity (Wildman–Crippen MR) is 94.8 cm³/mol. The molecule has 0 aliphatic heterocycles. The minimum Gasteiger partial charge on any atom is -0.384 e. The summed E-state index contributed by atoms with van der Waals surface area (Å²) < 4.78 is 0. The number of amides is 1. The first-order valence-electron chi connectivity index (χ1n) is 7.05. The van der Waals surface area contributed by atoms with Gasteiger partial charge in [0.15, 0.2) is 0 Å². The monoisotopic (exact) mass is 332 g/mol. The number of rotatable bonds is 6. The molecule has 0 fully saturated rings. The van der Waals surface area contributed by atoms with Gasteiger partial charge in [-0.15, -0.1) is 12.4 Å². The maximum atomic E-state index is 12.3. The molecule has 122 valence electrons. The number of nitrogens with one attached hydrogen (secondary N) is 3. The molecule has 1 amide bonds. The zero-order valence-electron chi connectivity index (χ0n) is 12.9. The fraction of sp³-hybridized carbons (Fsp3) is 0.176. The molecule has 6 heteroatoms. The van der Waals surface area contributed by atoms with Crippen molar-refractivity contribution in [2.24, 2.45) is 5.73 Å². The van der Waals surface area contributed by atoms with Crippen molar-refractivity contribution in [3.63, 3.8) is 0 Å². The average molecular weight is 333 g/mol. The molecule has 1 unspecified atom stereocenters. The third-order valence-electron chi connectivity index (χ3n) is 3.42. The highest BCUT2D eigenvalue weighted by molar-refractivity contribution is 5.94. The number of nitrogen functional groups attached to an aromatic ring is 1. The Hall–Kier alpha value is -2.37. The standard InChI is InChI=1S/C17H20N4O.ClH/c1-20-15(13-5-3-2-4-6-13)17(22)21-11-12-7-9-14(10-8-12)16(18)19;/h2-10,15,20H,11H2,1H3,(H3,18,19)(H,21,22);1H. The molecule has 0 aliphatic carbocycles. The SMILES string of the molecule is CNC(C(=O)NCc1ccc(C(=N)N)cc1)c1ccccc1.Cl. The highest BCUT2D eigenvalue weighted by Crippen LogP contribution is 2.12. The molecule has 0 spiro atoms. The highest BCUT2D eigenvalue weighted by Gasteiger charge is 2.17. The van der Waals surface area contributed by atoms with Gasteiger partial charge in [-0.3, -0.25) is 10.2 Å². The van der Waals surface area contributed by atoms with Crippen LogP contribution in [-0.4, -0.2) is 18.8 Å². The Bertz CT molecular complexity index is 643. The van der Waals surface area contributed by atoms with Gasteiger partial charge < -0.3 is 16.4 Å². The van der Waals surface area contributed by atoms with Gasteiger partial charge in [0.05, 0.1) is 0 Å². The van der Waals surface area contributed by atoms with Crippen molar-refractivity contribution in [1.82, 2.24) is 10.6 Å². The van der Waals surface area contributed by atoms with Gasteiger partial charge in [-0.1, -0.05) is 54.6 Å². The zero-order chi connectivity index (χ0) is 15.9. The molecule has 5 nitrogen and oxygen atoms in total. The van der Waals surface area contributed by atoms with Crippen LogP contribution < -0.4 is 16.4 Å². The Balaban J connectivity index is 0.00000264. The van der Waals surface area contributed by atoms with Crippen molar-refractivity contribution in [2.75, 3.05) is 7.05 Å². The van der Waals surface area contributed by atoms with Crippen LogP contribution in [0.2, 0.25) is 0 Å². The summed E-state index contributed by atoms with van der Waals surface area (Å²) in [6.45, 7) is 0.433. The van der Waals surface area contributed by atoms with Crippen LogP contribution in [0.5, 0.6) is 0 Å². The van der Waals surface area contributed by atoms with E-state index in [0.717, 1.165) is 11.1 Å². The summed E-state index contributed by atoms with van der Waals surface area (Å²) >= 11 is 0. The van der Waals surface area contributed by atoms with Crippen molar-refractivity contribution in [1.29, 1.82) is 5.41 Å². The fourth-order valence-corrected chi connectivity index (χ4v) is 2.19. The molecular weight excluding hydrogens is 312 g/mol. The first kappa shape index (κ1) is 18.7. The van der Waals surface area contributed by atoms with Gasteiger partial charge >= 0.3 is 0 Å². The van der Waals surface area contributed by atoms with Gasteiger partial charge in [-0.25, -0.2) is 0 Å². The summed E-state index contributed by atoms with van der Waals surface area (Å²) in [7, 11) is 1.76. The topological polar surface area (TPSA) is 91.0 Å². The first-order chi connectivity index (χ1) is 10.6. The van der Waals surface area contributed by atoms with Crippen molar-refractivity contribution in [2.45, 2.75) is 12.6 Å². The zero-order valence-corrected chi connectivity index (χ0v) is 13.7. The van der Waals surface area contributed by atoms with Gasteiger partial charge in [-0.05, 0) is 18.2 Å². The third-order valence-corrected chi connectivity index (χ3v) is 3.42. The van der Waals surface area contributed by atoms with Gasteiger partial charge in [0.25, 0.3) is 0 Å². The Morgan fingerprint density at radius 2 is 1.74 bits per heavy atom. The average Bonchev–Trinajstić information content (AvgIpc) is 2.55. The number of amidine groups is 1. The number of hydrogen-bond acceptors (Lipinski definition) is 3. The van der Waals surface area contributed by atoms with E-state index in [1.54, 1.807) is 19.2 Å². The Morgan fingerprint density at radius 3 is 2.26 bits per heavy atom. The maximum absolute atomic E-state index is 12.3. The van der Waals surface area contributed by atoms with Gasteiger partial charge in [-0.2, -0.15) is 0 Å². The van der Waals surface area contributed by atoms with Crippen LogP contribution in [0.3, 0.4) is 0 Å². The number of carbonyl (C=O) groups is 1. The van der Waals surface area contributed by atoms with E-state index in [2.05, 4.69) is 10.6 Å². The molecule has 0 saturated heterocycles. The van der Waals surface area contributed by atoms with Crippen LogP contribution in [-0.2, 0) is 11.3 Å². The minimum absolute atomic E-state index is 0. The second-order valence-corrected chi connectivity index (χ2v) is 4.96. The normalized spacial score (nSPS) is 11.2. The molecule has 2 aromatic rings. The lowest BCUT2D eigenvalue weighted by atomic mass is 10.1. The number of hydrogen-bond donors (Lipinski definition) is 4. The number of carbonyl (C=O) groups excluding carboxylic acids is 1. The fourth-order valence-electron chi connectivity index (χ4n) is 2.19. The Morgan fingerprint density at radius 1 is 1.13 bits per heavy atom. The second-order valence-electron chi connectivity index (χ2n) is 4.96. The summed E-state index contributed by atoms with van der Waals surface area (Å²) in [6, 6.07) is 16.5. The lowest BCUT2D eigenvalue weighted by Crippen LogP contribution is -2.35. The molecular formula is C17H21ClN4O. The van der Waals surface area contributed by atoms with E-state index in [0.29, 0.717) is 12.1 Å². The molecule has 0 heterocycles. The number of nitrogens with two attached hydrogens (primary N) is 1. The van der Waals surface area contributed by atoms with Gasteiger partial charge in [0, 0.05) is 12.1 Å². The lowest BCUT2D eigenvalue weighted by Gasteiger charge is -2.16. The quantitative estimate of drug-likeness (QED) is 0.481. The summed E-state index contributed by atoms with van der Waals surface area (Å²) in [5.74, 6) is -0.0424. The van der Waals surface area contributed by atoms with Crippen LogP contribution >= 0.6 is 12.4 Å². The molecule has 2 aromatic carbocycles. The maximum Gasteiger partial charge on any atom is 0.241 e. The second kappa shape index (κ2) is 8.92. The van der Waals surface area contributed by atoms with Crippen molar-refractivity contribution >= 4 is 24.1 Å². The molecule has 23 heavy (non-hydrogen) atoms. The smallest absolute Gasteiger partial charge is 0.241 e. The van der Waals surface area contributed by atoms with E-state index in [1.165, 1.54) is 0 Å². The van der Waals surface area contributed by atoms with Crippen LogP contribution in [0.15, 0.2) is 54.6 Å². The number of halogens is 1. The van der Waals surface area contributed by atoms with Crippen molar-refractivity contribution < 1.29 is 4.79 Å². The Labute approximate surface area is 142 Å². The molecule has 0 radical (unpaired) electrons. The lowest BCUT2D eigenvalue weighted by molar-refractivity contribution is -0.123. The van der Waals surface area contributed by atoms with E-state index in [-0.39, 0.29) is 30.2 Å². The highest BCUT2D eigenvalue weighted by atomic mass is 35.5. The Kier molecular flexibility index (Phi) is 7.25. The van der Waals surface area contributed by atoms with E-state index in [4.69, 9.17) is 11.1 Å². The molecule has 1 atom stereocenters. The molecule has 0 bridgehead atoms. The number of benzene rings is 2. The summed E-state index contributed by atoms with van der Waals surface area (Å²) in [6.07, 6.45) is 0.